The minimum atomic E-state index is -2.28. The Kier molecular flexibility index (Phi) is 0.319. The minimum absolute atomic E-state index is 1.31. The van der Waals surface area contributed by atoms with Crippen LogP contribution in [-0.4, -0.2) is 0 Å². The fraction of sp³-hybridized carbons (Fsp3) is 0.500. The smallest absolute Gasteiger partial charge is 0.0184 e. The van der Waals surface area contributed by atoms with Crippen molar-refractivity contribution in [3.63, 3.8) is 0 Å². The molecule has 0 aromatic heterocycles. The van der Waals surface area contributed by atoms with Crippen molar-refractivity contribution in [2.24, 2.45) is 0 Å². The van der Waals surface area contributed by atoms with Crippen molar-refractivity contribution in [3.05, 3.63) is 48.5 Å². The standard InChI is InChI=1S/C10H8.2C5H5.Fe/c1-2-6-10-8-4-3-7-9(10)5-1;2*1-2-4-5-3-1;/h1-8H;2*1-5H;. The molecule has 10 fully saturated rings. The molecule has 2 aromatic carbocycles. The van der Waals surface area contributed by atoms with Gasteiger partial charge in [0.2, 0.25) is 0 Å². The SMILES string of the molecule is [CH]12[CH]3[CH]4[CH]5[CH]1[Fe]23451678[CH]2[CH]1[CH]6[CH]7[CH]28.c1ccc2ccccc2c1. The van der Waals surface area contributed by atoms with E-state index in [4.69, 9.17) is 0 Å². The fourth-order valence-electron chi connectivity index (χ4n) is 17.0. The van der Waals surface area contributed by atoms with Crippen LogP contribution in [0.1, 0.15) is 0 Å². The molecule has 0 nitrogen and oxygen atoms in total. The number of benzene rings is 2. The summed E-state index contributed by atoms with van der Waals surface area (Å²) in [4.78, 5) is 15.9. The van der Waals surface area contributed by atoms with Gasteiger partial charge in [0.05, 0.1) is 0 Å². The van der Waals surface area contributed by atoms with Gasteiger partial charge in [-0.1, -0.05) is 48.5 Å². The zero-order valence-corrected chi connectivity index (χ0v) is 12.9. The summed E-state index contributed by atoms with van der Waals surface area (Å²) >= 11 is 0. The second-order valence-corrected chi connectivity index (χ2v) is 35.9. The van der Waals surface area contributed by atoms with Crippen molar-refractivity contribution in [3.8, 4) is 0 Å². The predicted molar refractivity (Wildman–Crippen MR) is 81.4 cm³/mol. The summed E-state index contributed by atoms with van der Waals surface area (Å²) in [5, 5.41) is 2.62. The third-order valence-corrected chi connectivity index (χ3v) is 58.1. The van der Waals surface area contributed by atoms with E-state index in [-0.39, 0.29) is 0 Å². The van der Waals surface area contributed by atoms with Gasteiger partial charge >= 0.3 is 54.7 Å². The summed E-state index contributed by atoms with van der Waals surface area (Å²) in [7, 11) is 0. The topological polar surface area (TPSA) is 0 Å². The first-order valence-electron chi connectivity index (χ1n) is 8.78. The molecular formula is C20H18Fe. The third-order valence-electron chi connectivity index (χ3n) is 16.2. The Labute approximate surface area is 114 Å². The van der Waals surface area contributed by atoms with Gasteiger partial charge in [-0.15, -0.1) is 0 Å². The van der Waals surface area contributed by atoms with E-state index in [1.165, 1.54) is 10.8 Å². The Morgan fingerprint density at radius 3 is 0.810 bits per heavy atom. The zero-order valence-electron chi connectivity index (χ0n) is 11.7. The molecule has 0 atom stereocenters. The molecule has 0 unspecified atom stereocenters. The van der Waals surface area contributed by atoms with E-state index < -0.39 is 6.51 Å². The molecule has 10 aliphatic heterocycles. The van der Waals surface area contributed by atoms with Crippen molar-refractivity contribution in [2.75, 3.05) is 0 Å². The molecule has 10 aliphatic rings. The molecule has 2 aromatic rings. The normalized spacial score (nSPS) is 94.3. The van der Waals surface area contributed by atoms with Crippen molar-refractivity contribution in [1.29, 1.82) is 0 Å². The van der Waals surface area contributed by atoms with Gasteiger partial charge in [0.25, 0.3) is 0 Å². The van der Waals surface area contributed by atoms with Gasteiger partial charge in [0.15, 0.2) is 0 Å². The van der Waals surface area contributed by atoms with E-state index in [1.807, 2.05) is 0 Å². The van der Waals surface area contributed by atoms with Crippen LogP contribution in [0.3, 0.4) is 0 Å². The molecule has 21 heavy (non-hydrogen) atoms. The number of rotatable bonds is 0. The minimum Gasteiger partial charge on any atom is -0.0616 e. The van der Waals surface area contributed by atoms with Crippen molar-refractivity contribution in [1.82, 2.24) is 0 Å². The van der Waals surface area contributed by atoms with Gasteiger partial charge in [-0.25, -0.2) is 0 Å². The summed E-state index contributed by atoms with van der Waals surface area (Å²) in [6.07, 6.45) is 0. The van der Waals surface area contributed by atoms with Crippen LogP contribution < -0.4 is 0 Å². The maximum Gasteiger partial charge on any atom is -0.0184 e. The quantitative estimate of drug-likeness (QED) is 0.507. The molecule has 10 saturated heterocycles. The number of fused-ring (bicyclic) bond motifs is 11. The predicted octanol–water partition coefficient (Wildman–Crippen LogP) is 6.22. The van der Waals surface area contributed by atoms with Crippen LogP contribution in [0.5, 0.6) is 0 Å². The summed E-state index contributed by atoms with van der Waals surface area (Å²) in [6.45, 7) is -2.28. The first kappa shape index (κ1) is 8.18. The van der Waals surface area contributed by atoms with Gasteiger partial charge in [-0.3, -0.25) is 0 Å². The zero-order chi connectivity index (χ0) is 12.9. The van der Waals surface area contributed by atoms with E-state index in [1.54, 1.807) is 48.2 Å². The second-order valence-electron chi connectivity index (χ2n) is 11.9. The van der Waals surface area contributed by atoms with Crippen LogP contribution in [0.2, 0.25) is 48.2 Å². The summed E-state index contributed by atoms with van der Waals surface area (Å²) in [5.41, 5.74) is 0. The third kappa shape index (κ3) is 0.121. The molecule has 0 N–H and O–H groups in total. The molecule has 0 amide bonds. The van der Waals surface area contributed by atoms with Crippen LogP contribution >= 0.6 is 0 Å². The molecule has 0 radical (unpaired) electrons. The Hall–Kier alpha value is -0.781. The summed E-state index contributed by atoms with van der Waals surface area (Å²) < 4.78 is 0. The summed E-state index contributed by atoms with van der Waals surface area (Å²) in [6, 6.07) is 16.7. The maximum absolute atomic E-state index is 2.28. The molecular weight excluding hydrogens is 296 g/mol. The van der Waals surface area contributed by atoms with Gasteiger partial charge in [0, 0.05) is 0 Å². The largest absolute Gasteiger partial charge is 0.0616 e. The van der Waals surface area contributed by atoms with E-state index in [2.05, 4.69) is 48.5 Å². The molecule has 106 valence electrons. The van der Waals surface area contributed by atoms with Crippen LogP contribution in [0, 0.1) is 0 Å². The average Bonchev–Trinajstić information content (AvgIpc) is 3.48. The van der Waals surface area contributed by atoms with E-state index in [0.29, 0.717) is 0 Å². The Morgan fingerprint density at radius 1 is 0.429 bits per heavy atom. The Balaban J connectivity index is 0.0000000775. The monoisotopic (exact) mass is 314 g/mol. The Morgan fingerprint density at radius 2 is 0.667 bits per heavy atom. The fourth-order valence-corrected chi connectivity index (χ4v) is 89.1. The van der Waals surface area contributed by atoms with Crippen molar-refractivity contribution < 1.29 is 6.51 Å². The molecule has 1 spiro atoms. The maximum atomic E-state index is 2.12. The van der Waals surface area contributed by atoms with E-state index in [9.17, 15) is 0 Å². The van der Waals surface area contributed by atoms with Crippen LogP contribution in [0.4, 0.5) is 0 Å². The molecule has 0 saturated carbocycles. The number of hydrogen-bond acceptors (Lipinski definition) is 0. The van der Waals surface area contributed by atoms with Crippen LogP contribution in [0.15, 0.2) is 48.5 Å². The molecule has 0 aliphatic carbocycles. The first-order chi connectivity index (χ1) is 10.1. The van der Waals surface area contributed by atoms with Gasteiger partial charge in [-0.2, -0.15) is 0 Å². The van der Waals surface area contributed by atoms with E-state index in [0.717, 1.165) is 0 Å². The first-order valence-corrected chi connectivity index (χ1v) is 15.2. The molecule has 10 heterocycles. The van der Waals surface area contributed by atoms with Crippen LogP contribution in [0.25, 0.3) is 10.8 Å². The number of hydrogen-bond donors (Lipinski definition) is 0. The molecule has 12 rings (SSSR count). The molecule has 0 bridgehead atoms. The van der Waals surface area contributed by atoms with Gasteiger partial charge in [-0.05, 0) is 10.8 Å². The van der Waals surface area contributed by atoms with Gasteiger partial charge in [0.1, 0.15) is 0 Å². The van der Waals surface area contributed by atoms with Crippen molar-refractivity contribution >= 4 is 10.8 Å². The van der Waals surface area contributed by atoms with Crippen molar-refractivity contribution in [2.45, 2.75) is 48.2 Å². The average molecular weight is 314 g/mol. The van der Waals surface area contributed by atoms with Crippen LogP contribution in [-0.2, 0) is 6.51 Å². The Bertz CT molecular complexity index is 1040. The summed E-state index contributed by atoms with van der Waals surface area (Å²) in [5.74, 6) is 0. The van der Waals surface area contributed by atoms with Gasteiger partial charge < -0.3 is 0 Å². The molecule has 1 heteroatoms. The van der Waals surface area contributed by atoms with E-state index >= 15 is 0 Å². The second kappa shape index (κ2) is 0.820.